The Labute approximate surface area is 165 Å². The van der Waals surface area contributed by atoms with Gasteiger partial charge in [-0.1, -0.05) is 37.3 Å². The minimum Gasteiger partial charge on any atom is -0.370 e. The lowest BCUT2D eigenvalue weighted by molar-refractivity contribution is 0.972. The number of aromatic amines is 1. The molecule has 0 radical (unpaired) electrons. The van der Waals surface area contributed by atoms with Gasteiger partial charge in [0, 0.05) is 29.3 Å². The second-order valence-corrected chi connectivity index (χ2v) is 6.01. The Morgan fingerprint density at radius 1 is 1.20 bits per heavy atom. The standard InChI is InChI=1S/C20H24N4.HI/c1-3-15-7-5-8-17(12-15)24-20(21)22-11-10-16-13-23-19-14(2)6-4-9-18(16)19;/h4-9,12-13,23H,3,10-11H2,1-2H3,(H3,21,22,24);1H. The van der Waals surface area contributed by atoms with Crippen molar-refractivity contribution in [3.8, 4) is 0 Å². The van der Waals surface area contributed by atoms with Gasteiger partial charge >= 0.3 is 0 Å². The zero-order chi connectivity index (χ0) is 16.9. The molecule has 0 aliphatic rings. The predicted octanol–water partition coefficient (Wildman–Crippen LogP) is 4.63. The van der Waals surface area contributed by atoms with Gasteiger partial charge in [0.2, 0.25) is 0 Å². The highest BCUT2D eigenvalue weighted by Gasteiger charge is 2.04. The van der Waals surface area contributed by atoms with E-state index in [4.69, 9.17) is 5.73 Å². The molecular formula is C20H25IN4. The van der Waals surface area contributed by atoms with Crippen molar-refractivity contribution in [2.24, 2.45) is 10.7 Å². The monoisotopic (exact) mass is 448 g/mol. The van der Waals surface area contributed by atoms with Crippen molar-refractivity contribution in [2.75, 3.05) is 11.9 Å². The number of guanidine groups is 1. The molecule has 2 aromatic carbocycles. The SMILES string of the molecule is CCc1cccc(NC(N)=NCCc2c[nH]c3c(C)cccc23)c1.I. The van der Waals surface area contributed by atoms with Gasteiger partial charge in [-0.15, -0.1) is 24.0 Å². The summed E-state index contributed by atoms with van der Waals surface area (Å²) < 4.78 is 0. The molecular weight excluding hydrogens is 423 g/mol. The number of aliphatic imine (C=N–C) groups is 1. The third kappa shape index (κ3) is 4.75. The first kappa shape index (κ1) is 19.3. The number of benzene rings is 2. The number of nitrogens with one attached hydrogen (secondary N) is 2. The fourth-order valence-corrected chi connectivity index (χ4v) is 2.92. The highest BCUT2D eigenvalue weighted by Crippen LogP contribution is 2.21. The minimum atomic E-state index is 0. The van der Waals surface area contributed by atoms with Crippen LogP contribution in [-0.4, -0.2) is 17.5 Å². The van der Waals surface area contributed by atoms with Gasteiger partial charge in [-0.25, -0.2) is 0 Å². The normalized spacial score (nSPS) is 11.4. The largest absolute Gasteiger partial charge is 0.370 e. The molecule has 0 unspecified atom stereocenters. The Bertz CT molecular complexity index is 867. The molecule has 0 aliphatic heterocycles. The molecule has 0 saturated carbocycles. The van der Waals surface area contributed by atoms with Crippen LogP contribution in [-0.2, 0) is 12.8 Å². The van der Waals surface area contributed by atoms with Crippen LogP contribution in [0.15, 0.2) is 53.7 Å². The first-order chi connectivity index (χ1) is 11.7. The summed E-state index contributed by atoms with van der Waals surface area (Å²) in [5, 5.41) is 4.43. The molecule has 0 atom stereocenters. The average molecular weight is 448 g/mol. The third-order valence-corrected chi connectivity index (χ3v) is 4.28. The molecule has 132 valence electrons. The molecule has 0 aliphatic carbocycles. The number of rotatable bonds is 5. The van der Waals surface area contributed by atoms with Gasteiger partial charge < -0.3 is 16.0 Å². The molecule has 0 spiro atoms. The summed E-state index contributed by atoms with van der Waals surface area (Å²) >= 11 is 0. The molecule has 25 heavy (non-hydrogen) atoms. The van der Waals surface area contributed by atoms with Crippen LogP contribution in [0.4, 0.5) is 5.69 Å². The van der Waals surface area contributed by atoms with Crippen molar-refractivity contribution in [2.45, 2.75) is 26.7 Å². The van der Waals surface area contributed by atoms with E-state index in [1.807, 2.05) is 12.1 Å². The van der Waals surface area contributed by atoms with Crippen molar-refractivity contribution in [3.63, 3.8) is 0 Å². The van der Waals surface area contributed by atoms with Gasteiger partial charge in [0.05, 0.1) is 0 Å². The van der Waals surface area contributed by atoms with Gasteiger partial charge in [-0.3, -0.25) is 4.99 Å². The van der Waals surface area contributed by atoms with Crippen LogP contribution in [0, 0.1) is 6.92 Å². The molecule has 0 saturated heterocycles. The number of hydrogen-bond donors (Lipinski definition) is 3. The number of hydrogen-bond acceptors (Lipinski definition) is 1. The number of halogens is 1. The van der Waals surface area contributed by atoms with E-state index in [0.29, 0.717) is 12.5 Å². The molecule has 5 heteroatoms. The van der Waals surface area contributed by atoms with Crippen molar-refractivity contribution in [1.82, 2.24) is 4.98 Å². The maximum Gasteiger partial charge on any atom is 0.193 e. The van der Waals surface area contributed by atoms with Gasteiger partial charge in [0.25, 0.3) is 0 Å². The Balaban J connectivity index is 0.00000225. The molecule has 1 heterocycles. The molecule has 3 rings (SSSR count). The van der Waals surface area contributed by atoms with E-state index in [9.17, 15) is 0 Å². The quantitative estimate of drug-likeness (QED) is 0.303. The summed E-state index contributed by atoms with van der Waals surface area (Å²) in [5.74, 6) is 0.458. The van der Waals surface area contributed by atoms with Crippen molar-refractivity contribution >= 4 is 46.5 Å². The van der Waals surface area contributed by atoms with Crippen LogP contribution >= 0.6 is 24.0 Å². The van der Waals surface area contributed by atoms with Crippen molar-refractivity contribution in [3.05, 3.63) is 65.4 Å². The minimum absolute atomic E-state index is 0. The van der Waals surface area contributed by atoms with Crippen LogP contribution in [0.25, 0.3) is 10.9 Å². The molecule has 4 nitrogen and oxygen atoms in total. The van der Waals surface area contributed by atoms with E-state index in [1.54, 1.807) is 0 Å². The van der Waals surface area contributed by atoms with Crippen LogP contribution in [0.5, 0.6) is 0 Å². The van der Waals surface area contributed by atoms with E-state index in [-0.39, 0.29) is 24.0 Å². The third-order valence-electron chi connectivity index (χ3n) is 4.28. The number of H-pyrrole nitrogens is 1. The number of aryl methyl sites for hydroxylation is 2. The smallest absolute Gasteiger partial charge is 0.193 e. The molecule has 0 amide bonds. The highest BCUT2D eigenvalue weighted by atomic mass is 127. The predicted molar refractivity (Wildman–Crippen MR) is 118 cm³/mol. The molecule has 0 bridgehead atoms. The van der Waals surface area contributed by atoms with Gasteiger partial charge in [0.15, 0.2) is 5.96 Å². The summed E-state index contributed by atoms with van der Waals surface area (Å²) in [6.45, 7) is 4.92. The molecule has 4 N–H and O–H groups in total. The Morgan fingerprint density at radius 3 is 2.80 bits per heavy atom. The lowest BCUT2D eigenvalue weighted by Gasteiger charge is -2.07. The van der Waals surface area contributed by atoms with E-state index in [2.05, 4.69) is 65.7 Å². The van der Waals surface area contributed by atoms with E-state index in [1.165, 1.54) is 27.6 Å². The van der Waals surface area contributed by atoms with Gasteiger partial charge in [-0.05, 0) is 48.6 Å². The second kappa shape index (κ2) is 8.89. The first-order valence-electron chi connectivity index (χ1n) is 8.39. The number of anilines is 1. The Kier molecular flexibility index (Phi) is 6.87. The van der Waals surface area contributed by atoms with Gasteiger partial charge in [0.1, 0.15) is 0 Å². The van der Waals surface area contributed by atoms with Gasteiger partial charge in [-0.2, -0.15) is 0 Å². The Hall–Kier alpha value is -2.02. The average Bonchev–Trinajstić information content (AvgIpc) is 3.00. The lowest BCUT2D eigenvalue weighted by atomic mass is 10.1. The van der Waals surface area contributed by atoms with E-state index in [0.717, 1.165) is 18.5 Å². The van der Waals surface area contributed by atoms with Crippen LogP contribution in [0.2, 0.25) is 0 Å². The Morgan fingerprint density at radius 2 is 2.00 bits per heavy atom. The summed E-state index contributed by atoms with van der Waals surface area (Å²) in [4.78, 5) is 7.80. The summed E-state index contributed by atoms with van der Waals surface area (Å²) in [5.41, 5.74) is 12.0. The fraction of sp³-hybridized carbons (Fsp3) is 0.250. The second-order valence-electron chi connectivity index (χ2n) is 6.01. The van der Waals surface area contributed by atoms with Crippen LogP contribution < -0.4 is 11.1 Å². The fourth-order valence-electron chi connectivity index (χ4n) is 2.92. The van der Waals surface area contributed by atoms with Crippen molar-refractivity contribution < 1.29 is 0 Å². The zero-order valence-corrected chi connectivity index (χ0v) is 17.0. The summed E-state index contributed by atoms with van der Waals surface area (Å²) in [7, 11) is 0. The van der Waals surface area contributed by atoms with Crippen LogP contribution in [0.3, 0.4) is 0 Å². The topological polar surface area (TPSA) is 66.2 Å². The lowest BCUT2D eigenvalue weighted by Crippen LogP contribution is -2.23. The maximum atomic E-state index is 6.00. The van der Waals surface area contributed by atoms with E-state index >= 15 is 0 Å². The first-order valence-corrected chi connectivity index (χ1v) is 8.39. The zero-order valence-electron chi connectivity index (χ0n) is 14.7. The number of para-hydroxylation sites is 1. The van der Waals surface area contributed by atoms with E-state index < -0.39 is 0 Å². The highest BCUT2D eigenvalue weighted by molar-refractivity contribution is 14.0. The maximum absolute atomic E-state index is 6.00. The number of fused-ring (bicyclic) bond motifs is 1. The molecule has 1 aromatic heterocycles. The van der Waals surface area contributed by atoms with Crippen molar-refractivity contribution in [1.29, 1.82) is 0 Å². The number of nitrogens with zero attached hydrogens (tertiary/aromatic N) is 1. The molecule has 3 aromatic rings. The number of aromatic nitrogens is 1. The summed E-state index contributed by atoms with van der Waals surface area (Å²) in [6, 6.07) is 14.6. The summed E-state index contributed by atoms with van der Waals surface area (Å²) in [6.07, 6.45) is 3.94. The number of nitrogens with two attached hydrogens (primary N) is 1. The van der Waals surface area contributed by atoms with Crippen LogP contribution in [0.1, 0.15) is 23.6 Å². The molecule has 0 fully saturated rings.